The number of ether oxygens (including phenoxy) is 1. The third-order valence-corrected chi connectivity index (χ3v) is 6.03. The van der Waals surface area contributed by atoms with Gasteiger partial charge < -0.3 is 4.74 Å². The predicted molar refractivity (Wildman–Crippen MR) is 110 cm³/mol. The van der Waals surface area contributed by atoms with Gasteiger partial charge in [-0.1, -0.05) is 13.0 Å². The molecule has 0 aromatic heterocycles. The summed E-state index contributed by atoms with van der Waals surface area (Å²) in [6, 6.07) is 11.0. The molecule has 2 amide bonds. The molecule has 1 aliphatic heterocycles. The summed E-state index contributed by atoms with van der Waals surface area (Å²) < 4.78 is 18.1. The molecule has 3 atom stereocenters. The molecule has 1 aliphatic carbocycles. The normalized spacial score (nSPS) is 22.9. The number of rotatable bonds is 5. The van der Waals surface area contributed by atoms with Crippen LogP contribution >= 0.6 is 0 Å². The van der Waals surface area contributed by atoms with Crippen LogP contribution in [0.25, 0.3) is 0 Å². The molecule has 160 valence electrons. The Morgan fingerprint density at radius 3 is 2.45 bits per heavy atom. The zero-order valence-corrected chi connectivity index (χ0v) is 17.0. The molecule has 0 bridgehead atoms. The average molecular weight is 423 g/mol. The van der Waals surface area contributed by atoms with Crippen molar-refractivity contribution in [2.75, 3.05) is 11.5 Å². The molecule has 1 heterocycles. The number of nitrogens with zero attached hydrogens (tertiary/aromatic N) is 1. The molecule has 0 N–H and O–H groups in total. The topological polar surface area (TPSA) is 80.8 Å². The molecule has 1 saturated carbocycles. The van der Waals surface area contributed by atoms with Crippen molar-refractivity contribution in [3.8, 4) is 0 Å². The number of hydrogen-bond acceptors (Lipinski definition) is 5. The van der Waals surface area contributed by atoms with E-state index in [4.69, 9.17) is 4.74 Å². The summed E-state index contributed by atoms with van der Waals surface area (Å²) in [6.07, 6.45) is 2.31. The highest BCUT2D eigenvalue weighted by molar-refractivity contribution is 6.22. The fourth-order valence-corrected chi connectivity index (χ4v) is 4.35. The SMILES string of the molecule is C[C@@H]1CC[C@@H]2C(=O)N(c3cccc(C(=O)OCC(=O)c4ccc(F)cc4)c3)C(=O)[C@@H]2C1. The van der Waals surface area contributed by atoms with E-state index >= 15 is 0 Å². The number of carbonyl (C=O) groups excluding carboxylic acids is 4. The van der Waals surface area contributed by atoms with Crippen LogP contribution in [-0.2, 0) is 14.3 Å². The van der Waals surface area contributed by atoms with Crippen molar-refractivity contribution in [2.24, 2.45) is 17.8 Å². The van der Waals surface area contributed by atoms with Crippen molar-refractivity contribution >= 4 is 29.3 Å². The quantitative estimate of drug-likeness (QED) is 0.415. The number of hydrogen-bond donors (Lipinski definition) is 0. The lowest BCUT2D eigenvalue weighted by Gasteiger charge is -2.25. The largest absolute Gasteiger partial charge is 0.454 e. The number of ketones is 1. The first-order chi connectivity index (χ1) is 14.8. The second-order valence-corrected chi connectivity index (χ2v) is 8.20. The number of imide groups is 1. The van der Waals surface area contributed by atoms with Gasteiger partial charge in [-0.15, -0.1) is 0 Å². The first-order valence-corrected chi connectivity index (χ1v) is 10.3. The molecule has 2 aromatic rings. The van der Waals surface area contributed by atoms with E-state index in [0.29, 0.717) is 24.4 Å². The monoisotopic (exact) mass is 423 g/mol. The molecule has 2 fully saturated rings. The molecule has 31 heavy (non-hydrogen) atoms. The van der Waals surface area contributed by atoms with Crippen molar-refractivity contribution in [3.63, 3.8) is 0 Å². The Bertz CT molecular complexity index is 1050. The van der Waals surface area contributed by atoms with Crippen LogP contribution in [0.3, 0.4) is 0 Å². The van der Waals surface area contributed by atoms with E-state index in [0.717, 1.165) is 18.6 Å². The van der Waals surface area contributed by atoms with E-state index in [1.807, 2.05) is 0 Å². The highest BCUT2D eigenvalue weighted by atomic mass is 19.1. The lowest BCUT2D eigenvalue weighted by Crippen LogP contribution is -2.31. The van der Waals surface area contributed by atoms with E-state index in [9.17, 15) is 23.6 Å². The van der Waals surface area contributed by atoms with Gasteiger partial charge in [-0.2, -0.15) is 0 Å². The van der Waals surface area contributed by atoms with E-state index in [-0.39, 0.29) is 34.8 Å². The molecular weight excluding hydrogens is 401 g/mol. The standard InChI is InChI=1S/C24H22FNO5/c1-14-5-10-19-20(11-14)23(29)26(22(19)28)18-4-2-3-16(12-18)24(30)31-13-21(27)15-6-8-17(25)9-7-15/h2-4,6-9,12,14,19-20H,5,10-11,13H2,1H3/t14-,19+,20-/m1/s1. The van der Waals surface area contributed by atoms with Crippen LogP contribution in [0.2, 0.25) is 0 Å². The smallest absolute Gasteiger partial charge is 0.338 e. The minimum absolute atomic E-state index is 0.133. The molecule has 0 spiro atoms. The van der Waals surface area contributed by atoms with Gasteiger partial charge in [0.1, 0.15) is 5.82 Å². The van der Waals surface area contributed by atoms with Crippen molar-refractivity contribution in [3.05, 3.63) is 65.5 Å². The van der Waals surface area contributed by atoms with Crippen LogP contribution in [0, 0.1) is 23.6 Å². The van der Waals surface area contributed by atoms with Gasteiger partial charge in [0.25, 0.3) is 0 Å². The average Bonchev–Trinajstić information content (AvgIpc) is 3.01. The Kier molecular flexibility index (Phi) is 5.67. The number of halogens is 1. The lowest BCUT2D eigenvalue weighted by molar-refractivity contribution is -0.122. The van der Waals surface area contributed by atoms with Gasteiger partial charge in [0, 0.05) is 5.56 Å². The second-order valence-electron chi connectivity index (χ2n) is 8.20. The first kappa shape index (κ1) is 20.9. The zero-order valence-electron chi connectivity index (χ0n) is 17.0. The number of fused-ring (bicyclic) bond motifs is 1. The Morgan fingerprint density at radius 2 is 1.71 bits per heavy atom. The summed E-state index contributed by atoms with van der Waals surface area (Å²) in [5, 5.41) is 0. The van der Waals surface area contributed by atoms with Gasteiger partial charge in [0.2, 0.25) is 11.8 Å². The third kappa shape index (κ3) is 4.13. The minimum atomic E-state index is -0.748. The molecule has 0 unspecified atom stereocenters. The van der Waals surface area contributed by atoms with E-state index in [1.54, 1.807) is 12.1 Å². The number of anilines is 1. The van der Waals surface area contributed by atoms with Gasteiger partial charge in [0.05, 0.1) is 23.1 Å². The minimum Gasteiger partial charge on any atom is -0.454 e. The number of esters is 1. The maximum Gasteiger partial charge on any atom is 0.338 e. The fraction of sp³-hybridized carbons (Fsp3) is 0.333. The Morgan fingerprint density at radius 1 is 1.00 bits per heavy atom. The van der Waals surface area contributed by atoms with E-state index in [2.05, 4.69) is 6.92 Å². The van der Waals surface area contributed by atoms with E-state index in [1.165, 1.54) is 29.2 Å². The highest BCUT2D eigenvalue weighted by Crippen LogP contribution is 2.42. The maximum atomic E-state index is 13.0. The number of benzene rings is 2. The summed E-state index contributed by atoms with van der Waals surface area (Å²) >= 11 is 0. The second kappa shape index (κ2) is 8.41. The number of Topliss-reactive ketones (excluding diaryl/α,β-unsaturated/α-hetero) is 1. The molecule has 6 nitrogen and oxygen atoms in total. The van der Waals surface area contributed by atoms with Gasteiger partial charge in [0.15, 0.2) is 12.4 Å². The fourth-order valence-electron chi connectivity index (χ4n) is 4.35. The summed E-state index contributed by atoms with van der Waals surface area (Å²) in [4.78, 5) is 51.5. The van der Waals surface area contributed by atoms with Gasteiger partial charge in [-0.25, -0.2) is 9.18 Å². The number of carbonyl (C=O) groups is 4. The van der Waals surface area contributed by atoms with Crippen molar-refractivity contribution in [1.82, 2.24) is 0 Å². The molecule has 0 radical (unpaired) electrons. The Labute approximate surface area is 179 Å². The summed E-state index contributed by atoms with van der Waals surface area (Å²) in [5.74, 6) is -2.33. The van der Waals surface area contributed by atoms with Crippen LogP contribution in [0.15, 0.2) is 48.5 Å². The highest BCUT2D eigenvalue weighted by Gasteiger charge is 2.50. The molecule has 4 rings (SSSR count). The van der Waals surface area contributed by atoms with Crippen LogP contribution in [0.1, 0.15) is 46.9 Å². The van der Waals surface area contributed by atoms with E-state index < -0.39 is 24.2 Å². The van der Waals surface area contributed by atoms with Crippen molar-refractivity contribution in [1.29, 1.82) is 0 Å². The molecule has 1 saturated heterocycles. The molecular formula is C24H22FNO5. The van der Waals surface area contributed by atoms with Crippen LogP contribution in [-0.4, -0.2) is 30.2 Å². The summed E-state index contributed by atoms with van der Waals surface area (Å²) in [6.45, 7) is 1.58. The van der Waals surface area contributed by atoms with Crippen molar-refractivity contribution in [2.45, 2.75) is 26.2 Å². The van der Waals surface area contributed by atoms with Crippen LogP contribution < -0.4 is 4.90 Å². The first-order valence-electron chi connectivity index (χ1n) is 10.3. The predicted octanol–water partition coefficient (Wildman–Crippen LogP) is 3.79. The Hall–Kier alpha value is -3.35. The molecule has 7 heteroatoms. The van der Waals surface area contributed by atoms with Crippen LogP contribution in [0.4, 0.5) is 10.1 Å². The molecule has 2 aliphatic rings. The summed E-state index contributed by atoms with van der Waals surface area (Å²) in [5.41, 5.74) is 0.692. The van der Waals surface area contributed by atoms with Gasteiger partial charge in [-0.3, -0.25) is 19.3 Å². The van der Waals surface area contributed by atoms with Crippen LogP contribution in [0.5, 0.6) is 0 Å². The maximum absolute atomic E-state index is 13.0. The third-order valence-electron chi connectivity index (χ3n) is 6.03. The lowest BCUT2D eigenvalue weighted by atomic mass is 9.76. The number of amides is 2. The van der Waals surface area contributed by atoms with Crippen molar-refractivity contribution < 1.29 is 28.3 Å². The zero-order chi connectivity index (χ0) is 22.1. The Balaban J connectivity index is 1.46. The van der Waals surface area contributed by atoms with Gasteiger partial charge >= 0.3 is 5.97 Å². The summed E-state index contributed by atoms with van der Waals surface area (Å²) in [7, 11) is 0. The van der Waals surface area contributed by atoms with Gasteiger partial charge in [-0.05, 0) is 67.6 Å². The molecule has 2 aromatic carbocycles.